The maximum Gasteiger partial charge on any atom is 0.0351 e. The molecule has 0 aliphatic rings. The highest BCUT2D eigenvalue weighted by Crippen LogP contribution is 1.90. The Hall–Kier alpha value is 0.537. The molecule has 0 bridgehead atoms. The maximum atomic E-state index is 5.47. The highest BCUT2D eigenvalue weighted by molar-refractivity contribution is 6.42. The van der Waals surface area contributed by atoms with E-state index in [9.17, 15) is 0 Å². The Balaban J connectivity index is 3.03. The van der Waals surface area contributed by atoms with Crippen LogP contribution >= 0.6 is 23.2 Å². The predicted molar refractivity (Wildman–Crippen MR) is 34.6 cm³/mol. The molecule has 1 unspecified atom stereocenters. The molecule has 0 aliphatic carbocycles. The lowest BCUT2D eigenvalue weighted by atomic mass is 10.7. The van der Waals surface area contributed by atoms with Crippen molar-refractivity contribution < 1.29 is 0 Å². The van der Waals surface area contributed by atoms with Crippen LogP contribution in [0.5, 0.6) is 0 Å². The molecule has 0 heterocycles. The molecule has 6 heavy (non-hydrogen) atoms. The Morgan fingerprint density at radius 1 is 1.67 bits per heavy atom. The minimum Gasteiger partial charge on any atom is -0.123 e. The fourth-order valence-corrected chi connectivity index (χ4v) is 0.902. The molecule has 0 aromatic rings. The van der Waals surface area contributed by atoms with E-state index in [0.717, 1.165) is 10.2 Å². The van der Waals surface area contributed by atoms with Gasteiger partial charge in [-0.05, 0) is 0 Å². The van der Waals surface area contributed by atoms with Gasteiger partial charge in [0.25, 0.3) is 0 Å². The van der Waals surface area contributed by atoms with Crippen LogP contribution in [-0.4, -0.2) is 15.2 Å². The van der Waals surface area contributed by atoms with Crippen LogP contribution in [0.15, 0.2) is 11.6 Å². The standard InChI is InChI=1S/C3H6Cl2Si/c4-2-1-3(5)6/h1-3H,6H3. The summed E-state index contributed by atoms with van der Waals surface area (Å²) in [6, 6.07) is 0. The Labute approximate surface area is 50.6 Å². The lowest BCUT2D eigenvalue weighted by Crippen LogP contribution is -1.86. The molecular weight excluding hydrogens is 135 g/mol. The van der Waals surface area contributed by atoms with E-state index in [-0.39, 0.29) is 5.00 Å². The van der Waals surface area contributed by atoms with Gasteiger partial charge in [0.05, 0.1) is 0 Å². The lowest BCUT2D eigenvalue weighted by molar-refractivity contribution is 1.62. The first-order valence-electron chi connectivity index (χ1n) is 1.68. The summed E-state index contributed by atoms with van der Waals surface area (Å²) in [5.41, 5.74) is 1.45. The average molecular weight is 141 g/mol. The molecule has 1 atom stereocenters. The van der Waals surface area contributed by atoms with Gasteiger partial charge in [0.1, 0.15) is 0 Å². The quantitative estimate of drug-likeness (QED) is 0.372. The monoisotopic (exact) mass is 140 g/mol. The Morgan fingerprint density at radius 2 is 2.17 bits per heavy atom. The van der Waals surface area contributed by atoms with Crippen LogP contribution in [0.1, 0.15) is 0 Å². The Kier molecular flexibility index (Phi) is 4.05. The van der Waals surface area contributed by atoms with E-state index >= 15 is 0 Å². The summed E-state index contributed by atoms with van der Waals surface area (Å²) in [5.74, 6) is 0. The van der Waals surface area contributed by atoms with Crippen molar-refractivity contribution >= 4 is 33.4 Å². The van der Waals surface area contributed by atoms with Crippen LogP contribution in [0, 0.1) is 0 Å². The molecule has 0 rings (SSSR count). The third-order valence-electron chi connectivity index (χ3n) is 0.338. The molecule has 0 saturated heterocycles. The molecule has 0 N–H and O–H groups in total. The van der Waals surface area contributed by atoms with Crippen molar-refractivity contribution in [2.45, 2.75) is 5.00 Å². The van der Waals surface area contributed by atoms with E-state index in [4.69, 9.17) is 23.2 Å². The second kappa shape index (κ2) is 3.72. The van der Waals surface area contributed by atoms with E-state index in [1.165, 1.54) is 5.54 Å². The molecule has 0 amide bonds. The number of hydrogen-bond donors (Lipinski definition) is 0. The number of rotatable bonds is 1. The molecule has 36 valence electrons. The zero-order valence-electron chi connectivity index (χ0n) is 3.49. The molecule has 0 saturated carbocycles. The summed E-state index contributed by atoms with van der Waals surface area (Å²) in [6.07, 6.45) is 1.76. The van der Waals surface area contributed by atoms with Gasteiger partial charge in [-0.15, -0.1) is 11.6 Å². The molecule has 0 aromatic heterocycles. The van der Waals surface area contributed by atoms with Crippen molar-refractivity contribution in [2.75, 3.05) is 0 Å². The Morgan fingerprint density at radius 3 is 2.17 bits per heavy atom. The summed E-state index contributed by atoms with van der Waals surface area (Å²) in [7, 11) is 0.973. The largest absolute Gasteiger partial charge is 0.123 e. The number of hydrogen-bond acceptors (Lipinski definition) is 0. The highest BCUT2D eigenvalue weighted by atomic mass is 35.5. The van der Waals surface area contributed by atoms with Crippen LogP contribution in [0.2, 0.25) is 0 Å². The zero-order chi connectivity index (χ0) is 4.99. The van der Waals surface area contributed by atoms with Crippen LogP contribution < -0.4 is 0 Å². The summed E-state index contributed by atoms with van der Waals surface area (Å²) in [5, 5.41) is 0.197. The van der Waals surface area contributed by atoms with Gasteiger partial charge in [0, 0.05) is 20.8 Å². The summed E-state index contributed by atoms with van der Waals surface area (Å²) >= 11 is 10.6. The third-order valence-corrected chi connectivity index (χ3v) is 1.01. The zero-order valence-corrected chi connectivity index (χ0v) is 7.00. The van der Waals surface area contributed by atoms with Gasteiger partial charge in [-0.3, -0.25) is 0 Å². The van der Waals surface area contributed by atoms with E-state index in [0.29, 0.717) is 0 Å². The summed E-state index contributed by atoms with van der Waals surface area (Å²) in [6.45, 7) is 0. The minimum atomic E-state index is 0.197. The number of allylic oxidation sites excluding steroid dienone is 1. The van der Waals surface area contributed by atoms with Gasteiger partial charge in [0.15, 0.2) is 0 Å². The minimum absolute atomic E-state index is 0.197. The first-order valence-corrected chi connectivity index (χ1v) is 3.71. The molecule has 0 spiro atoms. The van der Waals surface area contributed by atoms with Gasteiger partial charge >= 0.3 is 0 Å². The normalized spacial score (nSPS) is 16.3. The van der Waals surface area contributed by atoms with Crippen molar-refractivity contribution in [1.29, 1.82) is 0 Å². The van der Waals surface area contributed by atoms with Crippen molar-refractivity contribution in [1.82, 2.24) is 0 Å². The van der Waals surface area contributed by atoms with Crippen LogP contribution in [0.4, 0.5) is 0 Å². The van der Waals surface area contributed by atoms with Crippen molar-refractivity contribution in [2.24, 2.45) is 0 Å². The van der Waals surface area contributed by atoms with E-state index in [1.807, 2.05) is 0 Å². The topological polar surface area (TPSA) is 0 Å². The first-order chi connectivity index (χ1) is 2.77. The van der Waals surface area contributed by atoms with E-state index in [2.05, 4.69) is 0 Å². The summed E-state index contributed by atoms with van der Waals surface area (Å²) < 4.78 is 0. The second-order valence-corrected chi connectivity index (χ2v) is 3.91. The lowest BCUT2D eigenvalue weighted by Gasteiger charge is -1.82. The van der Waals surface area contributed by atoms with Crippen LogP contribution in [-0.2, 0) is 0 Å². The van der Waals surface area contributed by atoms with Crippen LogP contribution in [0.3, 0.4) is 0 Å². The van der Waals surface area contributed by atoms with Gasteiger partial charge < -0.3 is 0 Å². The molecule has 0 fully saturated rings. The van der Waals surface area contributed by atoms with Crippen molar-refractivity contribution in [3.05, 3.63) is 11.6 Å². The van der Waals surface area contributed by atoms with Gasteiger partial charge in [0.2, 0.25) is 0 Å². The van der Waals surface area contributed by atoms with Crippen molar-refractivity contribution in [3.8, 4) is 0 Å². The Bertz CT molecular complexity index is 50.8. The molecule has 0 aromatic carbocycles. The van der Waals surface area contributed by atoms with E-state index in [1.54, 1.807) is 6.08 Å². The molecule has 3 heteroatoms. The fraction of sp³-hybridized carbons (Fsp3) is 0.333. The first kappa shape index (κ1) is 6.54. The van der Waals surface area contributed by atoms with Crippen molar-refractivity contribution in [3.63, 3.8) is 0 Å². The van der Waals surface area contributed by atoms with Gasteiger partial charge in [-0.1, -0.05) is 17.7 Å². The molecule has 0 aliphatic heterocycles. The predicted octanol–water partition coefficient (Wildman–Crippen LogP) is 0.669. The average Bonchev–Trinajstić information content (AvgIpc) is 1.35. The van der Waals surface area contributed by atoms with Gasteiger partial charge in [-0.2, -0.15) is 0 Å². The van der Waals surface area contributed by atoms with E-state index < -0.39 is 0 Å². The smallest absolute Gasteiger partial charge is 0.0351 e. The second-order valence-electron chi connectivity index (χ2n) is 0.996. The van der Waals surface area contributed by atoms with Gasteiger partial charge in [-0.25, -0.2) is 0 Å². The molecule has 0 nitrogen and oxygen atoms in total. The number of alkyl halides is 1. The highest BCUT2D eigenvalue weighted by Gasteiger charge is 1.80. The SMILES string of the molecule is [SiH3]C(Cl)C=CCl. The maximum absolute atomic E-state index is 5.47. The fourth-order valence-electron chi connectivity index (χ4n) is 0.100. The summed E-state index contributed by atoms with van der Waals surface area (Å²) in [4.78, 5) is 0. The molecular formula is C3H6Cl2Si. The molecule has 0 radical (unpaired) electrons. The third kappa shape index (κ3) is 4.54. The number of halogens is 2. The van der Waals surface area contributed by atoms with Crippen LogP contribution in [0.25, 0.3) is 0 Å².